The van der Waals surface area contributed by atoms with Crippen molar-refractivity contribution in [1.29, 1.82) is 0 Å². The molecule has 0 heterocycles. The molecule has 0 unspecified atom stereocenters. The Kier molecular flexibility index (Phi) is 7.30. The zero-order valence-corrected chi connectivity index (χ0v) is 14.8. The van der Waals surface area contributed by atoms with Crippen LogP contribution in [0.2, 0.25) is 0 Å². The third kappa shape index (κ3) is 5.70. The van der Waals surface area contributed by atoms with E-state index in [2.05, 4.69) is 10.5 Å². The molecule has 7 nitrogen and oxygen atoms in total. The fourth-order valence-corrected chi connectivity index (χ4v) is 2.08. The van der Waals surface area contributed by atoms with Crippen molar-refractivity contribution in [2.24, 2.45) is 5.10 Å². The number of ether oxygens (including phenoxy) is 3. The van der Waals surface area contributed by atoms with E-state index >= 15 is 0 Å². The number of phenolic OH excluding ortho intramolecular Hbond substituents is 1. The van der Waals surface area contributed by atoms with Crippen LogP contribution in [0, 0.1) is 0 Å². The molecule has 138 valence electrons. The summed E-state index contributed by atoms with van der Waals surface area (Å²) in [5.41, 5.74) is 3.06. The van der Waals surface area contributed by atoms with E-state index in [4.69, 9.17) is 14.2 Å². The highest BCUT2D eigenvalue weighted by Gasteiger charge is 2.07. The van der Waals surface area contributed by atoms with Gasteiger partial charge < -0.3 is 19.3 Å². The van der Waals surface area contributed by atoms with Crippen LogP contribution in [0.1, 0.15) is 19.4 Å². The smallest absolute Gasteiger partial charge is 0.277 e. The van der Waals surface area contributed by atoms with Crippen LogP contribution >= 0.6 is 0 Å². The van der Waals surface area contributed by atoms with Crippen LogP contribution in [0.25, 0.3) is 0 Å². The molecule has 0 atom stereocenters. The van der Waals surface area contributed by atoms with Gasteiger partial charge in [0.1, 0.15) is 0 Å². The number of nitrogens with zero attached hydrogens (tertiary/aromatic N) is 1. The molecule has 0 radical (unpaired) electrons. The summed E-state index contributed by atoms with van der Waals surface area (Å²) in [4.78, 5) is 11.8. The highest BCUT2D eigenvalue weighted by Crippen LogP contribution is 2.26. The summed E-state index contributed by atoms with van der Waals surface area (Å²) in [6.07, 6.45) is 1.45. The van der Waals surface area contributed by atoms with Crippen molar-refractivity contribution in [3.63, 3.8) is 0 Å². The Morgan fingerprint density at radius 2 is 1.69 bits per heavy atom. The van der Waals surface area contributed by atoms with Gasteiger partial charge >= 0.3 is 0 Å². The van der Waals surface area contributed by atoms with Crippen molar-refractivity contribution in [3.8, 4) is 23.0 Å². The van der Waals surface area contributed by atoms with E-state index in [1.807, 2.05) is 19.9 Å². The fourth-order valence-electron chi connectivity index (χ4n) is 2.08. The van der Waals surface area contributed by atoms with Crippen LogP contribution in [-0.2, 0) is 4.79 Å². The van der Waals surface area contributed by atoms with Gasteiger partial charge in [0.25, 0.3) is 5.91 Å². The molecule has 0 fully saturated rings. The van der Waals surface area contributed by atoms with Crippen LogP contribution < -0.4 is 19.6 Å². The number of amides is 1. The Morgan fingerprint density at radius 1 is 1.04 bits per heavy atom. The van der Waals surface area contributed by atoms with Crippen molar-refractivity contribution in [2.45, 2.75) is 13.8 Å². The number of phenols is 1. The maximum atomic E-state index is 11.8. The first-order chi connectivity index (χ1) is 12.6. The van der Waals surface area contributed by atoms with Gasteiger partial charge in [-0.15, -0.1) is 0 Å². The van der Waals surface area contributed by atoms with Gasteiger partial charge in [0.05, 0.1) is 19.4 Å². The summed E-state index contributed by atoms with van der Waals surface area (Å²) in [6.45, 7) is 4.45. The largest absolute Gasteiger partial charge is 0.504 e. The van der Waals surface area contributed by atoms with Gasteiger partial charge in [-0.25, -0.2) is 5.43 Å². The Balaban J connectivity index is 1.87. The minimum atomic E-state index is -0.406. The molecule has 0 aromatic heterocycles. The van der Waals surface area contributed by atoms with Crippen molar-refractivity contribution < 1.29 is 24.1 Å². The van der Waals surface area contributed by atoms with Crippen LogP contribution in [-0.4, -0.2) is 37.0 Å². The monoisotopic (exact) mass is 358 g/mol. The summed E-state index contributed by atoms with van der Waals surface area (Å²) in [7, 11) is 0. The number of aromatic hydroxyl groups is 1. The van der Waals surface area contributed by atoms with Gasteiger partial charge in [-0.3, -0.25) is 4.79 Å². The minimum Gasteiger partial charge on any atom is -0.504 e. The van der Waals surface area contributed by atoms with E-state index in [1.165, 1.54) is 12.3 Å². The van der Waals surface area contributed by atoms with Crippen LogP contribution in [0.3, 0.4) is 0 Å². The standard InChI is InChI=1S/C19H22N2O5/c1-3-24-16-7-5-6-8-17(16)26-13-19(23)21-20-12-14-9-10-15(22)18(11-14)25-4-2/h5-12,22H,3-4,13H2,1-2H3,(H,21,23). The second-order valence-corrected chi connectivity index (χ2v) is 5.12. The number of carbonyl (C=O) groups excluding carboxylic acids is 1. The average molecular weight is 358 g/mol. The molecule has 2 aromatic carbocycles. The van der Waals surface area contributed by atoms with Gasteiger partial charge in [0.15, 0.2) is 29.6 Å². The number of rotatable bonds is 9. The number of nitrogens with one attached hydrogen (secondary N) is 1. The highest BCUT2D eigenvalue weighted by molar-refractivity contribution is 5.83. The number of hydrogen-bond acceptors (Lipinski definition) is 6. The number of hydrogen-bond donors (Lipinski definition) is 2. The average Bonchev–Trinajstić information content (AvgIpc) is 2.64. The molecule has 2 rings (SSSR count). The molecule has 7 heteroatoms. The summed E-state index contributed by atoms with van der Waals surface area (Å²) < 4.78 is 16.2. The zero-order valence-electron chi connectivity index (χ0n) is 14.8. The van der Waals surface area contributed by atoms with Crippen molar-refractivity contribution in [3.05, 3.63) is 48.0 Å². The summed E-state index contributed by atoms with van der Waals surface area (Å²) in [5, 5.41) is 13.5. The van der Waals surface area contributed by atoms with Gasteiger partial charge in [-0.05, 0) is 49.7 Å². The maximum Gasteiger partial charge on any atom is 0.277 e. The Hall–Kier alpha value is -3.22. The number of carbonyl (C=O) groups is 1. The van der Waals surface area contributed by atoms with Gasteiger partial charge in [0, 0.05) is 0 Å². The van der Waals surface area contributed by atoms with E-state index < -0.39 is 5.91 Å². The Labute approximate surface area is 152 Å². The van der Waals surface area contributed by atoms with Crippen molar-refractivity contribution in [1.82, 2.24) is 5.43 Å². The summed E-state index contributed by atoms with van der Waals surface area (Å²) in [6, 6.07) is 11.9. The third-order valence-corrected chi connectivity index (χ3v) is 3.19. The highest BCUT2D eigenvalue weighted by atomic mass is 16.5. The molecule has 0 aliphatic carbocycles. The van der Waals surface area contributed by atoms with Gasteiger partial charge in [0.2, 0.25) is 0 Å². The molecule has 0 aliphatic heterocycles. The minimum absolute atomic E-state index is 0.0504. The van der Waals surface area contributed by atoms with Crippen LogP contribution in [0.4, 0.5) is 0 Å². The molecular formula is C19H22N2O5. The Bertz CT molecular complexity index is 761. The van der Waals surface area contributed by atoms with E-state index in [-0.39, 0.29) is 12.4 Å². The second-order valence-electron chi connectivity index (χ2n) is 5.12. The van der Waals surface area contributed by atoms with Crippen LogP contribution in [0.5, 0.6) is 23.0 Å². The van der Waals surface area contributed by atoms with Gasteiger partial charge in [-0.2, -0.15) is 5.10 Å². The molecular weight excluding hydrogens is 336 g/mol. The quantitative estimate of drug-likeness (QED) is 0.531. The summed E-state index contributed by atoms with van der Waals surface area (Å²) >= 11 is 0. The normalized spacial score (nSPS) is 10.5. The molecule has 0 spiro atoms. The SMILES string of the molecule is CCOc1cc(C=NNC(=O)COc2ccccc2OCC)ccc1O. The lowest BCUT2D eigenvalue weighted by Gasteiger charge is -2.10. The molecule has 0 bridgehead atoms. The van der Waals surface area contributed by atoms with E-state index in [0.29, 0.717) is 36.0 Å². The molecule has 0 saturated heterocycles. The first-order valence-electron chi connectivity index (χ1n) is 8.26. The summed E-state index contributed by atoms with van der Waals surface area (Å²) in [5.74, 6) is 1.08. The zero-order chi connectivity index (χ0) is 18.8. The topological polar surface area (TPSA) is 89.4 Å². The fraction of sp³-hybridized carbons (Fsp3) is 0.263. The number of hydrazone groups is 1. The lowest BCUT2D eigenvalue weighted by Crippen LogP contribution is -2.24. The lowest BCUT2D eigenvalue weighted by molar-refractivity contribution is -0.123. The van der Waals surface area contributed by atoms with E-state index in [9.17, 15) is 9.90 Å². The molecule has 2 N–H and O–H groups in total. The molecule has 0 aliphatic rings. The second kappa shape index (κ2) is 9.93. The maximum absolute atomic E-state index is 11.8. The number of benzene rings is 2. The van der Waals surface area contributed by atoms with Crippen molar-refractivity contribution >= 4 is 12.1 Å². The molecule has 0 saturated carbocycles. The van der Waals surface area contributed by atoms with Crippen molar-refractivity contribution in [2.75, 3.05) is 19.8 Å². The Morgan fingerprint density at radius 3 is 2.38 bits per heavy atom. The van der Waals surface area contributed by atoms with E-state index in [1.54, 1.807) is 30.3 Å². The predicted molar refractivity (Wildman–Crippen MR) is 98.1 cm³/mol. The first kappa shape index (κ1) is 19.1. The molecule has 26 heavy (non-hydrogen) atoms. The number of para-hydroxylation sites is 2. The van der Waals surface area contributed by atoms with Crippen LogP contribution in [0.15, 0.2) is 47.6 Å². The first-order valence-corrected chi connectivity index (χ1v) is 8.26. The predicted octanol–water partition coefficient (Wildman–Crippen LogP) is 2.72. The molecule has 2 aromatic rings. The molecule has 1 amide bonds. The lowest BCUT2D eigenvalue weighted by atomic mass is 10.2. The third-order valence-electron chi connectivity index (χ3n) is 3.19. The van der Waals surface area contributed by atoms with E-state index in [0.717, 1.165) is 0 Å². The van der Waals surface area contributed by atoms with Gasteiger partial charge in [-0.1, -0.05) is 12.1 Å².